The third-order valence-corrected chi connectivity index (χ3v) is 2.71. The van der Waals surface area contributed by atoms with Crippen LogP contribution in [0.2, 0.25) is 0 Å². The van der Waals surface area contributed by atoms with Crippen LogP contribution >= 0.6 is 0 Å². The first kappa shape index (κ1) is 12.6. The van der Waals surface area contributed by atoms with Crippen LogP contribution in [0.3, 0.4) is 0 Å². The average molecular weight is 218 g/mol. The van der Waals surface area contributed by atoms with Crippen LogP contribution in [0.25, 0.3) is 0 Å². The molecule has 1 aromatic rings. The van der Waals surface area contributed by atoms with Crippen LogP contribution < -0.4 is 0 Å². The van der Waals surface area contributed by atoms with Gasteiger partial charge in [-0.25, -0.2) is 0 Å². The molecule has 1 rings (SSSR count). The Kier molecular flexibility index (Phi) is 4.90. The highest BCUT2D eigenvalue weighted by atomic mass is 16.1. The SMILES string of the molecule is CC(=O)CCCC(C(C)=O)c1ccccc1. The summed E-state index contributed by atoms with van der Waals surface area (Å²) in [7, 11) is 0. The lowest BCUT2D eigenvalue weighted by Gasteiger charge is -2.13. The molecule has 0 aliphatic heterocycles. The van der Waals surface area contributed by atoms with Crippen molar-refractivity contribution in [2.45, 2.75) is 39.0 Å². The lowest BCUT2D eigenvalue weighted by atomic mass is 9.90. The summed E-state index contributed by atoms with van der Waals surface area (Å²) in [6.45, 7) is 3.21. The summed E-state index contributed by atoms with van der Waals surface area (Å²) in [5, 5.41) is 0. The highest BCUT2D eigenvalue weighted by Crippen LogP contribution is 2.22. The van der Waals surface area contributed by atoms with E-state index in [4.69, 9.17) is 0 Å². The lowest BCUT2D eigenvalue weighted by Crippen LogP contribution is -2.09. The van der Waals surface area contributed by atoms with E-state index in [1.807, 2.05) is 30.3 Å². The van der Waals surface area contributed by atoms with Gasteiger partial charge in [-0.2, -0.15) is 0 Å². The van der Waals surface area contributed by atoms with E-state index < -0.39 is 0 Å². The van der Waals surface area contributed by atoms with Gasteiger partial charge in [0.2, 0.25) is 0 Å². The molecule has 1 atom stereocenters. The third-order valence-electron chi connectivity index (χ3n) is 2.71. The van der Waals surface area contributed by atoms with E-state index in [-0.39, 0.29) is 17.5 Å². The Hall–Kier alpha value is -1.44. The zero-order chi connectivity index (χ0) is 12.0. The van der Waals surface area contributed by atoms with Gasteiger partial charge in [-0.05, 0) is 32.3 Å². The first-order valence-electron chi connectivity index (χ1n) is 5.66. The minimum atomic E-state index is -0.0550. The first-order valence-corrected chi connectivity index (χ1v) is 5.66. The van der Waals surface area contributed by atoms with E-state index >= 15 is 0 Å². The van der Waals surface area contributed by atoms with Crippen LogP contribution in [0.15, 0.2) is 30.3 Å². The molecule has 0 heterocycles. The maximum atomic E-state index is 11.5. The Labute approximate surface area is 96.7 Å². The van der Waals surface area contributed by atoms with Crippen molar-refractivity contribution in [3.8, 4) is 0 Å². The minimum Gasteiger partial charge on any atom is -0.300 e. The van der Waals surface area contributed by atoms with E-state index in [9.17, 15) is 9.59 Å². The van der Waals surface area contributed by atoms with Crippen molar-refractivity contribution in [2.75, 3.05) is 0 Å². The molecule has 0 amide bonds. The Bertz CT molecular complexity index is 354. The molecule has 0 saturated heterocycles. The van der Waals surface area contributed by atoms with Gasteiger partial charge in [-0.3, -0.25) is 4.79 Å². The molecule has 0 spiro atoms. The highest BCUT2D eigenvalue weighted by molar-refractivity contribution is 5.83. The van der Waals surface area contributed by atoms with Crippen molar-refractivity contribution in [1.29, 1.82) is 0 Å². The summed E-state index contributed by atoms with van der Waals surface area (Å²) < 4.78 is 0. The van der Waals surface area contributed by atoms with Crippen LogP contribution in [0.5, 0.6) is 0 Å². The molecule has 0 N–H and O–H groups in total. The number of Topliss-reactive ketones (excluding diaryl/α,β-unsaturated/α-hetero) is 2. The Morgan fingerprint density at radius 2 is 1.75 bits per heavy atom. The Morgan fingerprint density at radius 1 is 1.12 bits per heavy atom. The molecule has 0 aromatic heterocycles. The summed E-state index contributed by atoms with van der Waals surface area (Å²) in [5.41, 5.74) is 1.05. The second-order valence-corrected chi connectivity index (χ2v) is 4.17. The van der Waals surface area contributed by atoms with E-state index in [0.717, 1.165) is 18.4 Å². The standard InChI is InChI=1S/C14H18O2/c1-11(15)7-6-10-14(12(2)16)13-8-4-3-5-9-13/h3-5,8-9,14H,6-7,10H2,1-2H3. The zero-order valence-electron chi connectivity index (χ0n) is 9.90. The second kappa shape index (κ2) is 6.21. The smallest absolute Gasteiger partial charge is 0.137 e. The monoisotopic (exact) mass is 218 g/mol. The normalized spacial score (nSPS) is 12.1. The molecule has 2 nitrogen and oxygen atoms in total. The molecule has 86 valence electrons. The van der Waals surface area contributed by atoms with Crippen molar-refractivity contribution in [2.24, 2.45) is 0 Å². The molecular weight excluding hydrogens is 200 g/mol. The Balaban J connectivity index is 2.62. The fourth-order valence-electron chi connectivity index (χ4n) is 1.85. The van der Waals surface area contributed by atoms with Gasteiger partial charge >= 0.3 is 0 Å². The minimum absolute atomic E-state index is 0.0550. The number of benzene rings is 1. The topological polar surface area (TPSA) is 34.1 Å². The maximum Gasteiger partial charge on any atom is 0.137 e. The highest BCUT2D eigenvalue weighted by Gasteiger charge is 2.15. The maximum absolute atomic E-state index is 11.5. The van der Waals surface area contributed by atoms with Crippen molar-refractivity contribution in [3.05, 3.63) is 35.9 Å². The summed E-state index contributed by atoms with van der Waals surface area (Å²) in [4.78, 5) is 22.4. The fourth-order valence-corrected chi connectivity index (χ4v) is 1.85. The lowest BCUT2D eigenvalue weighted by molar-refractivity contribution is -0.119. The molecule has 0 bridgehead atoms. The van der Waals surface area contributed by atoms with Crippen LogP contribution in [0, 0.1) is 0 Å². The number of carbonyl (C=O) groups excluding carboxylic acids is 2. The van der Waals surface area contributed by atoms with Crippen molar-refractivity contribution in [3.63, 3.8) is 0 Å². The molecule has 1 unspecified atom stereocenters. The number of hydrogen-bond acceptors (Lipinski definition) is 2. The van der Waals surface area contributed by atoms with Gasteiger partial charge in [-0.15, -0.1) is 0 Å². The molecule has 1 aromatic carbocycles. The Morgan fingerprint density at radius 3 is 2.25 bits per heavy atom. The summed E-state index contributed by atoms with van der Waals surface area (Å²) >= 11 is 0. The molecule has 0 radical (unpaired) electrons. The van der Waals surface area contributed by atoms with E-state index in [0.29, 0.717) is 6.42 Å². The quantitative estimate of drug-likeness (QED) is 0.735. The van der Waals surface area contributed by atoms with Gasteiger partial charge in [0.25, 0.3) is 0 Å². The number of hydrogen-bond donors (Lipinski definition) is 0. The zero-order valence-corrected chi connectivity index (χ0v) is 9.90. The average Bonchev–Trinajstić information content (AvgIpc) is 2.25. The fraction of sp³-hybridized carbons (Fsp3) is 0.429. The van der Waals surface area contributed by atoms with Crippen LogP contribution in [0.1, 0.15) is 44.6 Å². The van der Waals surface area contributed by atoms with Gasteiger partial charge in [0.05, 0.1) is 0 Å². The van der Waals surface area contributed by atoms with E-state index in [1.54, 1.807) is 13.8 Å². The van der Waals surface area contributed by atoms with Gasteiger partial charge in [0, 0.05) is 12.3 Å². The van der Waals surface area contributed by atoms with Gasteiger partial charge in [0.15, 0.2) is 0 Å². The van der Waals surface area contributed by atoms with Crippen molar-refractivity contribution >= 4 is 11.6 Å². The molecular formula is C14H18O2. The van der Waals surface area contributed by atoms with Crippen LogP contribution in [0.4, 0.5) is 0 Å². The van der Waals surface area contributed by atoms with Crippen molar-refractivity contribution in [1.82, 2.24) is 0 Å². The predicted octanol–water partition coefficient (Wildman–Crippen LogP) is 3.12. The third kappa shape index (κ3) is 3.97. The van der Waals surface area contributed by atoms with Gasteiger partial charge in [-0.1, -0.05) is 30.3 Å². The summed E-state index contributed by atoms with van der Waals surface area (Å²) in [6, 6.07) is 9.77. The molecule has 0 aliphatic carbocycles. The second-order valence-electron chi connectivity index (χ2n) is 4.17. The van der Waals surface area contributed by atoms with Gasteiger partial charge < -0.3 is 4.79 Å². The largest absolute Gasteiger partial charge is 0.300 e. The van der Waals surface area contributed by atoms with E-state index in [1.165, 1.54) is 0 Å². The molecule has 2 heteroatoms. The first-order chi connectivity index (χ1) is 7.61. The van der Waals surface area contributed by atoms with E-state index in [2.05, 4.69) is 0 Å². The molecule has 0 fully saturated rings. The summed E-state index contributed by atoms with van der Waals surface area (Å²) in [5.74, 6) is 0.311. The van der Waals surface area contributed by atoms with Crippen LogP contribution in [-0.4, -0.2) is 11.6 Å². The number of rotatable bonds is 6. The molecule has 16 heavy (non-hydrogen) atoms. The van der Waals surface area contributed by atoms with Crippen LogP contribution in [-0.2, 0) is 9.59 Å². The summed E-state index contributed by atoms with van der Waals surface area (Å²) in [6.07, 6.45) is 2.12. The predicted molar refractivity (Wildman–Crippen MR) is 64.4 cm³/mol. The van der Waals surface area contributed by atoms with Crippen molar-refractivity contribution < 1.29 is 9.59 Å². The molecule has 0 saturated carbocycles. The number of carbonyl (C=O) groups is 2. The molecule has 0 aliphatic rings. The van der Waals surface area contributed by atoms with Gasteiger partial charge in [0.1, 0.15) is 11.6 Å². The number of ketones is 2.